The van der Waals surface area contributed by atoms with E-state index in [0.717, 1.165) is 28.1 Å². The summed E-state index contributed by atoms with van der Waals surface area (Å²) >= 11 is 0. The van der Waals surface area contributed by atoms with Crippen LogP contribution in [0.4, 0.5) is 0 Å². The van der Waals surface area contributed by atoms with E-state index in [0.29, 0.717) is 5.88 Å². The smallest absolute Gasteiger partial charge is 0.311 e. The van der Waals surface area contributed by atoms with Crippen molar-refractivity contribution in [3.05, 3.63) is 76.5 Å². The summed E-state index contributed by atoms with van der Waals surface area (Å²) in [6.45, 7) is 5.95. The van der Waals surface area contributed by atoms with E-state index < -0.39 is 10.1 Å². The highest BCUT2D eigenvalue weighted by molar-refractivity contribution is 7.87. The molecule has 3 aromatic rings. The fraction of sp³-hybridized carbons (Fsp3) is 0.250. The van der Waals surface area contributed by atoms with E-state index in [9.17, 15) is 8.42 Å². The second kappa shape index (κ2) is 5.99. The van der Waals surface area contributed by atoms with Crippen LogP contribution < -0.4 is 4.18 Å². The SMILES string of the molecule is Cc1ccc(-n2nc(C)c3c2OS(=O)(=O)CC3c2ccccc2)cc1C. The molecule has 134 valence electrons. The summed E-state index contributed by atoms with van der Waals surface area (Å²) in [4.78, 5) is 0. The normalized spacial score (nSPS) is 18.2. The van der Waals surface area contributed by atoms with Crippen molar-refractivity contribution in [2.45, 2.75) is 26.7 Å². The van der Waals surface area contributed by atoms with Crippen molar-refractivity contribution in [1.82, 2.24) is 9.78 Å². The highest BCUT2D eigenvalue weighted by atomic mass is 32.2. The summed E-state index contributed by atoms with van der Waals surface area (Å²) in [7, 11) is -3.69. The van der Waals surface area contributed by atoms with E-state index in [1.165, 1.54) is 5.56 Å². The van der Waals surface area contributed by atoms with Gasteiger partial charge in [0.15, 0.2) is 0 Å². The Morgan fingerprint density at radius 2 is 1.77 bits per heavy atom. The molecule has 1 atom stereocenters. The summed E-state index contributed by atoms with van der Waals surface area (Å²) in [5.74, 6) is -0.0696. The van der Waals surface area contributed by atoms with Gasteiger partial charge in [0.2, 0.25) is 5.88 Å². The minimum absolute atomic E-state index is 0.0799. The van der Waals surface area contributed by atoms with Gasteiger partial charge in [-0.3, -0.25) is 0 Å². The van der Waals surface area contributed by atoms with Gasteiger partial charge in [-0.1, -0.05) is 36.4 Å². The lowest BCUT2D eigenvalue weighted by Crippen LogP contribution is -2.27. The van der Waals surface area contributed by atoms with E-state index in [1.807, 2.05) is 69.3 Å². The predicted octanol–water partition coefficient (Wildman–Crippen LogP) is 3.65. The second-order valence-electron chi connectivity index (χ2n) is 6.76. The maximum Gasteiger partial charge on any atom is 0.311 e. The van der Waals surface area contributed by atoms with Crippen molar-refractivity contribution in [3.8, 4) is 11.6 Å². The number of aromatic nitrogens is 2. The van der Waals surface area contributed by atoms with E-state index in [-0.39, 0.29) is 11.7 Å². The fourth-order valence-electron chi connectivity index (χ4n) is 3.42. The van der Waals surface area contributed by atoms with Gasteiger partial charge in [-0.05, 0) is 49.6 Å². The van der Waals surface area contributed by atoms with Crippen LogP contribution >= 0.6 is 0 Å². The number of hydrogen-bond acceptors (Lipinski definition) is 4. The zero-order chi connectivity index (χ0) is 18.5. The first-order valence-electron chi connectivity index (χ1n) is 8.50. The molecule has 0 fully saturated rings. The Morgan fingerprint density at radius 1 is 1.04 bits per heavy atom. The third kappa shape index (κ3) is 2.80. The molecule has 6 heteroatoms. The Morgan fingerprint density at radius 3 is 2.46 bits per heavy atom. The van der Waals surface area contributed by atoms with Gasteiger partial charge in [0.1, 0.15) is 0 Å². The molecule has 0 saturated heterocycles. The molecule has 1 aromatic heterocycles. The Balaban J connectivity index is 1.93. The summed E-state index contributed by atoms with van der Waals surface area (Å²) in [6, 6.07) is 15.6. The van der Waals surface area contributed by atoms with Crippen molar-refractivity contribution in [1.29, 1.82) is 0 Å². The Kier molecular flexibility index (Phi) is 3.88. The molecule has 4 rings (SSSR count). The molecule has 0 aliphatic carbocycles. The number of benzene rings is 2. The third-order valence-corrected chi connectivity index (χ3v) is 6.08. The van der Waals surface area contributed by atoms with Crippen LogP contribution in [0.3, 0.4) is 0 Å². The summed E-state index contributed by atoms with van der Waals surface area (Å²) in [6.07, 6.45) is 0. The number of fused-ring (bicyclic) bond motifs is 1. The average molecular weight is 368 g/mol. The van der Waals surface area contributed by atoms with Gasteiger partial charge in [-0.15, -0.1) is 0 Å². The zero-order valence-corrected chi connectivity index (χ0v) is 15.7. The maximum atomic E-state index is 12.4. The van der Waals surface area contributed by atoms with Crippen molar-refractivity contribution < 1.29 is 12.6 Å². The van der Waals surface area contributed by atoms with Crippen LogP contribution in [0.5, 0.6) is 5.88 Å². The summed E-state index contributed by atoms with van der Waals surface area (Å²) in [5, 5.41) is 4.60. The van der Waals surface area contributed by atoms with Crippen molar-refractivity contribution in [2.75, 3.05) is 5.75 Å². The van der Waals surface area contributed by atoms with Crippen LogP contribution in [0, 0.1) is 20.8 Å². The number of nitrogens with zero attached hydrogens (tertiary/aromatic N) is 2. The molecule has 1 aliphatic rings. The Hall–Kier alpha value is -2.60. The Labute approximate surface area is 153 Å². The first kappa shape index (κ1) is 16.8. The van der Waals surface area contributed by atoms with Crippen molar-refractivity contribution >= 4 is 10.1 Å². The fourth-order valence-corrected chi connectivity index (χ4v) is 4.66. The van der Waals surface area contributed by atoms with E-state index in [4.69, 9.17) is 4.18 Å². The lowest BCUT2D eigenvalue weighted by Gasteiger charge is -2.24. The minimum Gasteiger partial charge on any atom is -0.361 e. The van der Waals surface area contributed by atoms with Crippen LogP contribution in [0.2, 0.25) is 0 Å². The molecule has 1 aliphatic heterocycles. The lowest BCUT2D eigenvalue weighted by atomic mass is 9.93. The van der Waals surface area contributed by atoms with E-state index >= 15 is 0 Å². The minimum atomic E-state index is -3.69. The molecule has 5 nitrogen and oxygen atoms in total. The molecule has 1 unspecified atom stereocenters. The molecule has 0 bridgehead atoms. The van der Waals surface area contributed by atoms with Crippen LogP contribution in [-0.2, 0) is 10.1 Å². The van der Waals surface area contributed by atoms with E-state index in [2.05, 4.69) is 5.10 Å². The number of aryl methyl sites for hydroxylation is 3. The van der Waals surface area contributed by atoms with Gasteiger partial charge in [0.05, 0.1) is 17.1 Å². The van der Waals surface area contributed by atoms with Gasteiger partial charge in [0, 0.05) is 11.5 Å². The van der Waals surface area contributed by atoms with Crippen LogP contribution in [0.15, 0.2) is 48.5 Å². The van der Waals surface area contributed by atoms with Crippen molar-refractivity contribution in [2.24, 2.45) is 0 Å². The van der Waals surface area contributed by atoms with Crippen LogP contribution in [0.25, 0.3) is 5.69 Å². The summed E-state index contributed by atoms with van der Waals surface area (Å²) in [5.41, 5.74) is 5.64. The third-order valence-electron chi connectivity index (χ3n) is 4.92. The van der Waals surface area contributed by atoms with Crippen LogP contribution in [-0.4, -0.2) is 24.0 Å². The van der Waals surface area contributed by atoms with E-state index in [1.54, 1.807) is 4.68 Å². The van der Waals surface area contributed by atoms with Gasteiger partial charge in [-0.2, -0.15) is 18.2 Å². The van der Waals surface area contributed by atoms with Gasteiger partial charge in [-0.25, -0.2) is 0 Å². The highest BCUT2D eigenvalue weighted by Crippen LogP contribution is 2.41. The van der Waals surface area contributed by atoms with Gasteiger partial charge >= 0.3 is 10.1 Å². The molecule has 0 N–H and O–H groups in total. The monoisotopic (exact) mass is 368 g/mol. The quantitative estimate of drug-likeness (QED) is 0.648. The number of hydrogen-bond donors (Lipinski definition) is 0. The standard InChI is InChI=1S/C20H20N2O3S/c1-13-9-10-17(11-14(13)2)22-20-19(15(3)21-22)18(12-26(23,24)25-20)16-7-5-4-6-8-16/h4-11,18H,12H2,1-3H3. The topological polar surface area (TPSA) is 61.2 Å². The first-order chi connectivity index (χ1) is 12.4. The first-order valence-corrected chi connectivity index (χ1v) is 10.1. The highest BCUT2D eigenvalue weighted by Gasteiger charge is 2.37. The predicted molar refractivity (Wildman–Crippen MR) is 100 cm³/mol. The molecule has 2 heterocycles. The molecular formula is C20H20N2O3S. The van der Waals surface area contributed by atoms with Crippen LogP contribution in [0.1, 0.15) is 33.9 Å². The Bertz CT molecular complexity index is 1090. The van der Waals surface area contributed by atoms with Gasteiger partial charge < -0.3 is 4.18 Å². The number of rotatable bonds is 2. The molecule has 26 heavy (non-hydrogen) atoms. The summed E-state index contributed by atoms with van der Waals surface area (Å²) < 4.78 is 31.9. The lowest BCUT2D eigenvalue weighted by molar-refractivity contribution is 0.446. The average Bonchev–Trinajstić information content (AvgIpc) is 2.93. The molecular weight excluding hydrogens is 348 g/mol. The molecule has 0 radical (unpaired) electrons. The molecule has 0 amide bonds. The zero-order valence-electron chi connectivity index (χ0n) is 14.9. The largest absolute Gasteiger partial charge is 0.361 e. The molecule has 2 aromatic carbocycles. The second-order valence-corrected chi connectivity index (χ2v) is 8.37. The molecule has 0 saturated carbocycles. The van der Waals surface area contributed by atoms with Gasteiger partial charge in [0.25, 0.3) is 0 Å². The van der Waals surface area contributed by atoms with Crippen molar-refractivity contribution in [3.63, 3.8) is 0 Å². The molecule has 0 spiro atoms. The maximum absolute atomic E-state index is 12.4.